The Kier molecular flexibility index (Phi) is 5.42. The fraction of sp³-hybridized carbons (Fsp3) is 0.280. The summed E-state index contributed by atoms with van der Waals surface area (Å²) in [6.45, 7) is -0.253. The van der Waals surface area contributed by atoms with E-state index >= 15 is 0 Å². The number of ether oxygens (including phenoxy) is 2. The Morgan fingerprint density at radius 3 is 2.42 bits per heavy atom. The van der Waals surface area contributed by atoms with Crippen molar-refractivity contribution in [2.24, 2.45) is 28.8 Å². The number of para-hydroxylation sites is 2. The summed E-state index contributed by atoms with van der Waals surface area (Å²) >= 11 is 0. The Morgan fingerprint density at radius 2 is 1.76 bits per heavy atom. The van der Waals surface area contributed by atoms with Crippen molar-refractivity contribution >= 4 is 29.6 Å². The number of carbonyl (C=O) groups is 3. The van der Waals surface area contributed by atoms with Crippen LogP contribution in [0.5, 0.6) is 11.5 Å². The van der Waals surface area contributed by atoms with Gasteiger partial charge in [-0.3, -0.25) is 14.4 Å². The number of fused-ring (bicyclic) bond motifs is 5. The standard InChI is InChI=1S/C25H23N3O5/c1-32-19-9-5-6-17(23(19)33-14-20(29)27-18-7-3-2-4-8-18)13-26-28-24(30)21-15-10-11-16(12-15)22(21)25(28)31/h2-11,13,15-16,21-22H,12,14H2,1H3,(H,27,29)/t15-,16-,21-,22+/m0/s1. The molecule has 168 valence electrons. The van der Waals surface area contributed by atoms with Crippen LogP contribution in [-0.4, -0.2) is 42.7 Å². The minimum absolute atomic E-state index is 0.121. The van der Waals surface area contributed by atoms with Crippen LogP contribution in [-0.2, 0) is 14.4 Å². The molecule has 0 spiro atoms. The van der Waals surface area contributed by atoms with E-state index in [0.29, 0.717) is 22.7 Å². The number of anilines is 1. The predicted molar refractivity (Wildman–Crippen MR) is 121 cm³/mol. The summed E-state index contributed by atoms with van der Waals surface area (Å²) in [4.78, 5) is 38.0. The van der Waals surface area contributed by atoms with Gasteiger partial charge < -0.3 is 14.8 Å². The first-order valence-corrected chi connectivity index (χ1v) is 10.8. The first kappa shape index (κ1) is 20.9. The van der Waals surface area contributed by atoms with Gasteiger partial charge in [-0.1, -0.05) is 36.4 Å². The molecule has 1 N–H and O–H groups in total. The lowest BCUT2D eigenvalue weighted by atomic mass is 9.85. The number of hydrazone groups is 1. The van der Waals surface area contributed by atoms with Crippen molar-refractivity contribution in [3.8, 4) is 11.5 Å². The minimum Gasteiger partial charge on any atom is -0.493 e. The molecule has 8 heteroatoms. The highest BCUT2D eigenvalue weighted by Gasteiger charge is 2.59. The molecule has 2 aromatic carbocycles. The predicted octanol–water partition coefficient (Wildman–Crippen LogP) is 2.85. The van der Waals surface area contributed by atoms with Gasteiger partial charge in [0, 0.05) is 11.3 Å². The molecular weight excluding hydrogens is 422 g/mol. The molecule has 0 radical (unpaired) electrons. The first-order valence-electron chi connectivity index (χ1n) is 10.8. The second-order valence-corrected chi connectivity index (χ2v) is 8.31. The van der Waals surface area contributed by atoms with E-state index in [9.17, 15) is 14.4 Å². The number of benzene rings is 2. The number of allylic oxidation sites excluding steroid dienone is 2. The molecule has 2 aromatic rings. The molecule has 1 heterocycles. The zero-order valence-electron chi connectivity index (χ0n) is 18.0. The highest BCUT2D eigenvalue weighted by Crippen LogP contribution is 2.52. The van der Waals surface area contributed by atoms with Gasteiger partial charge in [0.1, 0.15) is 0 Å². The molecular formula is C25H23N3O5. The van der Waals surface area contributed by atoms with Gasteiger partial charge in [-0.2, -0.15) is 10.1 Å². The molecule has 2 bridgehead atoms. The van der Waals surface area contributed by atoms with Gasteiger partial charge in [0.2, 0.25) is 0 Å². The molecule has 8 nitrogen and oxygen atoms in total. The van der Waals surface area contributed by atoms with Gasteiger partial charge in [0.05, 0.1) is 25.2 Å². The maximum absolute atomic E-state index is 12.9. The zero-order valence-corrected chi connectivity index (χ0v) is 18.0. The van der Waals surface area contributed by atoms with Crippen molar-refractivity contribution in [1.82, 2.24) is 5.01 Å². The molecule has 33 heavy (non-hydrogen) atoms. The van der Waals surface area contributed by atoms with E-state index < -0.39 is 0 Å². The normalized spacial score (nSPS) is 25.1. The Balaban J connectivity index is 1.32. The smallest absolute Gasteiger partial charge is 0.262 e. The maximum Gasteiger partial charge on any atom is 0.262 e. The quantitative estimate of drug-likeness (QED) is 0.402. The fourth-order valence-electron chi connectivity index (χ4n) is 4.93. The van der Waals surface area contributed by atoms with Crippen molar-refractivity contribution in [3.63, 3.8) is 0 Å². The number of nitrogens with one attached hydrogen (secondary N) is 1. The number of hydrogen-bond acceptors (Lipinski definition) is 6. The van der Waals surface area contributed by atoms with Gasteiger partial charge in [-0.25, -0.2) is 0 Å². The molecule has 0 aromatic heterocycles. The number of carbonyl (C=O) groups excluding carboxylic acids is 3. The largest absolute Gasteiger partial charge is 0.493 e. The highest BCUT2D eigenvalue weighted by atomic mass is 16.5. The van der Waals surface area contributed by atoms with E-state index in [4.69, 9.17) is 9.47 Å². The SMILES string of the molecule is COc1cccc(C=NN2C(=O)[C@@H]3[C@H](C2=O)[C@H]2C=C[C@H]3C2)c1OCC(=O)Nc1ccccc1. The molecule has 4 atom stereocenters. The summed E-state index contributed by atoms with van der Waals surface area (Å²) in [7, 11) is 1.49. The van der Waals surface area contributed by atoms with Gasteiger partial charge in [0.15, 0.2) is 18.1 Å². The summed E-state index contributed by atoms with van der Waals surface area (Å²) in [5, 5.41) is 7.94. The molecule has 5 rings (SSSR count). The monoisotopic (exact) mass is 445 g/mol. The number of rotatable bonds is 7. The van der Waals surface area contributed by atoms with Gasteiger partial charge in [0.25, 0.3) is 17.7 Å². The molecule has 3 aliphatic rings. The Labute approximate surface area is 190 Å². The third kappa shape index (κ3) is 3.77. The summed E-state index contributed by atoms with van der Waals surface area (Å²) < 4.78 is 11.1. The van der Waals surface area contributed by atoms with E-state index in [1.165, 1.54) is 13.3 Å². The molecule has 0 unspecified atom stereocenters. The lowest BCUT2D eigenvalue weighted by Gasteiger charge is -2.14. The Bertz CT molecular complexity index is 1130. The maximum atomic E-state index is 12.9. The van der Waals surface area contributed by atoms with Crippen molar-refractivity contribution in [3.05, 3.63) is 66.2 Å². The lowest BCUT2D eigenvalue weighted by Crippen LogP contribution is -2.28. The fourth-order valence-corrected chi connectivity index (χ4v) is 4.93. The van der Waals surface area contributed by atoms with Crippen molar-refractivity contribution in [1.29, 1.82) is 0 Å². The average Bonchev–Trinajstić information content (AvgIpc) is 3.51. The van der Waals surface area contributed by atoms with Crippen LogP contribution in [0.2, 0.25) is 0 Å². The number of methoxy groups -OCH3 is 1. The van der Waals surface area contributed by atoms with Crippen LogP contribution < -0.4 is 14.8 Å². The number of hydrogen-bond donors (Lipinski definition) is 1. The molecule has 1 aliphatic heterocycles. The van der Waals surface area contributed by atoms with Crippen LogP contribution in [0.3, 0.4) is 0 Å². The summed E-state index contributed by atoms with van der Waals surface area (Å²) in [5.41, 5.74) is 1.15. The van der Waals surface area contributed by atoms with Crippen LogP contribution in [0.25, 0.3) is 0 Å². The molecule has 2 fully saturated rings. The van der Waals surface area contributed by atoms with Crippen molar-refractivity contribution in [2.75, 3.05) is 19.0 Å². The van der Waals surface area contributed by atoms with Crippen LogP contribution in [0, 0.1) is 23.7 Å². The van der Waals surface area contributed by atoms with Crippen LogP contribution >= 0.6 is 0 Å². The topological polar surface area (TPSA) is 97.3 Å². The number of nitrogens with zero attached hydrogens (tertiary/aromatic N) is 2. The van der Waals surface area contributed by atoms with Gasteiger partial charge in [-0.05, 0) is 42.5 Å². The third-order valence-electron chi connectivity index (χ3n) is 6.39. The highest BCUT2D eigenvalue weighted by molar-refractivity contribution is 6.07. The third-order valence-corrected chi connectivity index (χ3v) is 6.39. The first-order chi connectivity index (χ1) is 16.1. The number of amides is 3. The average molecular weight is 445 g/mol. The summed E-state index contributed by atoms with van der Waals surface area (Å²) in [6, 6.07) is 14.2. The number of imide groups is 1. The Morgan fingerprint density at radius 1 is 1.06 bits per heavy atom. The van der Waals surface area contributed by atoms with Gasteiger partial charge in [-0.15, -0.1) is 0 Å². The second kappa shape index (κ2) is 8.54. The van der Waals surface area contributed by atoms with Crippen molar-refractivity contribution in [2.45, 2.75) is 6.42 Å². The van der Waals surface area contributed by atoms with Crippen LogP contribution in [0.15, 0.2) is 65.8 Å². The Hall–Kier alpha value is -3.94. The second-order valence-electron chi connectivity index (χ2n) is 8.31. The molecule has 1 saturated carbocycles. The summed E-state index contributed by atoms with van der Waals surface area (Å²) in [5.74, 6) is -0.532. The molecule has 3 amide bonds. The van der Waals surface area contributed by atoms with E-state index in [-0.39, 0.29) is 48.0 Å². The van der Waals surface area contributed by atoms with Crippen LogP contribution in [0.4, 0.5) is 5.69 Å². The molecule has 1 saturated heterocycles. The lowest BCUT2D eigenvalue weighted by molar-refractivity contribution is -0.140. The molecule has 2 aliphatic carbocycles. The zero-order chi connectivity index (χ0) is 22.9. The van der Waals surface area contributed by atoms with Gasteiger partial charge >= 0.3 is 0 Å². The van der Waals surface area contributed by atoms with Crippen molar-refractivity contribution < 1.29 is 23.9 Å². The van der Waals surface area contributed by atoms with E-state index in [2.05, 4.69) is 10.4 Å². The van der Waals surface area contributed by atoms with E-state index in [0.717, 1.165) is 11.4 Å². The van der Waals surface area contributed by atoms with Crippen LogP contribution in [0.1, 0.15) is 12.0 Å². The van der Waals surface area contributed by atoms with E-state index in [1.54, 1.807) is 30.3 Å². The summed E-state index contributed by atoms with van der Waals surface area (Å²) in [6.07, 6.45) is 6.35. The minimum atomic E-state index is -0.337. The van der Waals surface area contributed by atoms with E-state index in [1.807, 2.05) is 30.4 Å².